The first-order chi connectivity index (χ1) is 6.59. The van der Waals surface area contributed by atoms with E-state index in [2.05, 4.69) is 5.32 Å². The highest BCUT2D eigenvalue weighted by molar-refractivity contribution is 5.98. The lowest BCUT2D eigenvalue weighted by molar-refractivity contribution is 0.0988. The summed E-state index contributed by atoms with van der Waals surface area (Å²) in [5.74, 6) is 0.0750. The second-order valence-corrected chi connectivity index (χ2v) is 3.58. The van der Waals surface area contributed by atoms with Crippen LogP contribution in [0.4, 0.5) is 5.69 Å². The molecular formula is C11H17ClN2O. The Morgan fingerprint density at radius 3 is 2.67 bits per heavy atom. The molecule has 0 unspecified atom stereocenters. The standard InChI is InChI=1S/C11H16N2O.ClH/c1-8(2)13-7-11(14)9-4-3-5-10(12)6-9;/h3-6,8,13H,7,12H2,1-2H3;1H. The topological polar surface area (TPSA) is 55.1 Å². The third-order valence-electron chi connectivity index (χ3n) is 1.88. The number of benzene rings is 1. The van der Waals surface area contributed by atoms with Crippen LogP contribution in [0, 0.1) is 0 Å². The maximum absolute atomic E-state index is 11.6. The third-order valence-corrected chi connectivity index (χ3v) is 1.88. The van der Waals surface area contributed by atoms with E-state index in [9.17, 15) is 4.79 Å². The van der Waals surface area contributed by atoms with E-state index in [1.54, 1.807) is 24.3 Å². The average molecular weight is 229 g/mol. The number of carbonyl (C=O) groups excluding carboxylic acids is 1. The summed E-state index contributed by atoms with van der Waals surface area (Å²) < 4.78 is 0. The summed E-state index contributed by atoms with van der Waals surface area (Å²) in [5, 5.41) is 3.07. The summed E-state index contributed by atoms with van der Waals surface area (Å²) in [6.45, 7) is 4.38. The normalized spacial score (nSPS) is 9.80. The van der Waals surface area contributed by atoms with Gasteiger partial charge in [-0.1, -0.05) is 26.0 Å². The predicted octanol–water partition coefficient (Wildman–Crippen LogP) is 1.87. The molecule has 3 nitrogen and oxygen atoms in total. The monoisotopic (exact) mass is 228 g/mol. The molecule has 0 fully saturated rings. The maximum Gasteiger partial charge on any atom is 0.176 e. The number of hydrogen-bond donors (Lipinski definition) is 2. The quantitative estimate of drug-likeness (QED) is 0.611. The molecule has 1 aromatic carbocycles. The number of Topliss-reactive ketones (excluding diaryl/α,β-unsaturated/α-hetero) is 1. The fourth-order valence-electron chi connectivity index (χ4n) is 1.11. The number of anilines is 1. The Kier molecular flexibility index (Phi) is 5.97. The average Bonchev–Trinajstić information content (AvgIpc) is 2.14. The van der Waals surface area contributed by atoms with Crippen molar-refractivity contribution in [2.75, 3.05) is 12.3 Å². The molecule has 0 atom stereocenters. The molecule has 84 valence electrons. The van der Waals surface area contributed by atoms with Gasteiger partial charge in [-0.05, 0) is 12.1 Å². The third kappa shape index (κ3) is 4.81. The van der Waals surface area contributed by atoms with Gasteiger partial charge in [0.15, 0.2) is 5.78 Å². The molecule has 1 rings (SSSR count). The van der Waals surface area contributed by atoms with E-state index in [-0.39, 0.29) is 18.2 Å². The Morgan fingerprint density at radius 1 is 1.47 bits per heavy atom. The van der Waals surface area contributed by atoms with Crippen molar-refractivity contribution in [1.29, 1.82) is 0 Å². The van der Waals surface area contributed by atoms with Crippen molar-refractivity contribution in [2.45, 2.75) is 19.9 Å². The molecule has 0 bridgehead atoms. The van der Waals surface area contributed by atoms with Gasteiger partial charge in [-0.25, -0.2) is 0 Å². The van der Waals surface area contributed by atoms with Crippen LogP contribution in [-0.4, -0.2) is 18.4 Å². The number of nitrogen functional groups attached to an aromatic ring is 1. The van der Waals surface area contributed by atoms with Crippen molar-refractivity contribution in [3.05, 3.63) is 29.8 Å². The second kappa shape index (κ2) is 6.43. The van der Waals surface area contributed by atoms with Crippen molar-refractivity contribution in [3.63, 3.8) is 0 Å². The number of carbonyl (C=O) groups is 1. The predicted molar refractivity (Wildman–Crippen MR) is 65.6 cm³/mol. The number of nitrogens with one attached hydrogen (secondary N) is 1. The number of ketones is 1. The molecule has 0 heterocycles. The fourth-order valence-corrected chi connectivity index (χ4v) is 1.11. The zero-order valence-electron chi connectivity index (χ0n) is 8.99. The van der Waals surface area contributed by atoms with Gasteiger partial charge in [0.25, 0.3) is 0 Å². The van der Waals surface area contributed by atoms with Crippen molar-refractivity contribution in [1.82, 2.24) is 5.32 Å². The van der Waals surface area contributed by atoms with E-state index in [0.29, 0.717) is 23.8 Å². The van der Waals surface area contributed by atoms with Crippen molar-refractivity contribution in [2.24, 2.45) is 0 Å². The van der Waals surface area contributed by atoms with Gasteiger partial charge in [0.05, 0.1) is 6.54 Å². The van der Waals surface area contributed by atoms with Crippen LogP contribution in [0.1, 0.15) is 24.2 Å². The van der Waals surface area contributed by atoms with Crippen molar-refractivity contribution in [3.8, 4) is 0 Å². The van der Waals surface area contributed by atoms with Gasteiger partial charge in [-0.15, -0.1) is 12.4 Å². The lowest BCUT2D eigenvalue weighted by Crippen LogP contribution is -2.29. The number of nitrogens with two attached hydrogens (primary N) is 1. The van der Waals surface area contributed by atoms with Crippen molar-refractivity contribution < 1.29 is 4.79 Å². The van der Waals surface area contributed by atoms with Crippen LogP contribution in [0.2, 0.25) is 0 Å². The molecule has 0 aliphatic rings. The fraction of sp³-hybridized carbons (Fsp3) is 0.364. The van der Waals surface area contributed by atoms with E-state index < -0.39 is 0 Å². The smallest absolute Gasteiger partial charge is 0.176 e. The molecule has 0 saturated heterocycles. The van der Waals surface area contributed by atoms with Gasteiger partial charge >= 0.3 is 0 Å². The Morgan fingerprint density at radius 2 is 2.13 bits per heavy atom. The molecule has 15 heavy (non-hydrogen) atoms. The van der Waals surface area contributed by atoms with E-state index in [1.807, 2.05) is 13.8 Å². The molecule has 0 spiro atoms. The first-order valence-corrected chi connectivity index (χ1v) is 4.71. The largest absolute Gasteiger partial charge is 0.399 e. The molecule has 4 heteroatoms. The number of hydrogen-bond acceptors (Lipinski definition) is 3. The van der Waals surface area contributed by atoms with Crippen LogP contribution in [0.15, 0.2) is 24.3 Å². The maximum atomic E-state index is 11.6. The lowest BCUT2D eigenvalue weighted by atomic mass is 10.1. The minimum Gasteiger partial charge on any atom is -0.399 e. The Labute approximate surface area is 96.5 Å². The van der Waals surface area contributed by atoms with Gasteiger partial charge < -0.3 is 11.1 Å². The first-order valence-electron chi connectivity index (χ1n) is 4.71. The molecule has 3 N–H and O–H groups in total. The van der Waals surface area contributed by atoms with Crippen LogP contribution in [-0.2, 0) is 0 Å². The number of halogens is 1. The molecular weight excluding hydrogens is 212 g/mol. The Bertz CT molecular complexity index is 326. The van der Waals surface area contributed by atoms with E-state index in [1.165, 1.54) is 0 Å². The van der Waals surface area contributed by atoms with Gasteiger partial charge in [0.1, 0.15) is 0 Å². The SMILES string of the molecule is CC(C)NCC(=O)c1cccc(N)c1.Cl. The van der Waals surface area contributed by atoms with Gasteiger partial charge in [0, 0.05) is 17.3 Å². The van der Waals surface area contributed by atoms with Gasteiger partial charge in [0.2, 0.25) is 0 Å². The molecule has 0 radical (unpaired) electrons. The highest BCUT2D eigenvalue weighted by Gasteiger charge is 2.05. The molecule has 1 aromatic rings. The summed E-state index contributed by atoms with van der Waals surface area (Å²) in [6, 6.07) is 7.36. The summed E-state index contributed by atoms with van der Waals surface area (Å²) >= 11 is 0. The summed E-state index contributed by atoms with van der Waals surface area (Å²) in [7, 11) is 0. The van der Waals surface area contributed by atoms with Gasteiger partial charge in [-0.2, -0.15) is 0 Å². The Balaban J connectivity index is 0.00000196. The molecule has 0 saturated carbocycles. The minimum atomic E-state index is 0. The summed E-state index contributed by atoms with van der Waals surface area (Å²) in [4.78, 5) is 11.6. The van der Waals surface area contributed by atoms with E-state index in [4.69, 9.17) is 5.73 Å². The molecule has 0 aromatic heterocycles. The van der Waals surface area contributed by atoms with Gasteiger partial charge in [-0.3, -0.25) is 4.79 Å². The molecule has 0 amide bonds. The molecule has 0 aliphatic heterocycles. The molecule has 0 aliphatic carbocycles. The summed E-state index contributed by atoms with van der Waals surface area (Å²) in [5.41, 5.74) is 6.87. The highest BCUT2D eigenvalue weighted by atomic mass is 35.5. The minimum absolute atomic E-state index is 0. The van der Waals surface area contributed by atoms with Crippen molar-refractivity contribution >= 4 is 23.9 Å². The van der Waals surface area contributed by atoms with Crippen LogP contribution < -0.4 is 11.1 Å². The van der Waals surface area contributed by atoms with Crippen LogP contribution in [0.25, 0.3) is 0 Å². The van der Waals surface area contributed by atoms with E-state index in [0.717, 1.165) is 0 Å². The van der Waals surface area contributed by atoms with Crippen LogP contribution in [0.3, 0.4) is 0 Å². The highest BCUT2D eigenvalue weighted by Crippen LogP contribution is 2.06. The van der Waals surface area contributed by atoms with E-state index >= 15 is 0 Å². The lowest BCUT2D eigenvalue weighted by Gasteiger charge is -2.07. The second-order valence-electron chi connectivity index (χ2n) is 3.58. The Hall–Kier alpha value is -1.06. The number of rotatable bonds is 4. The zero-order chi connectivity index (χ0) is 10.6. The zero-order valence-corrected chi connectivity index (χ0v) is 9.80. The first kappa shape index (κ1) is 13.9. The summed E-state index contributed by atoms with van der Waals surface area (Å²) in [6.07, 6.45) is 0. The van der Waals surface area contributed by atoms with Crippen LogP contribution >= 0.6 is 12.4 Å². The van der Waals surface area contributed by atoms with Crippen LogP contribution in [0.5, 0.6) is 0 Å².